The van der Waals surface area contributed by atoms with E-state index in [9.17, 15) is 9.59 Å². The molecule has 0 aliphatic heterocycles. The van der Waals surface area contributed by atoms with Gasteiger partial charge in [0, 0.05) is 12.8 Å². The van der Waals surface area contributed by atoms with Gasteiger partial charge in [-0.25, -0.2) is 0 Å². The van der Waals surface area contributed by atoms with Gasteiger partial charge in [-0.15, -0.1) is 0 Å². The summed E-state index contributed by atoms with van der Waals surface area (Å²) >= 11 is 0. The van der Waals surface area contributed by atoms with Gasteiger partial charge < -0.3 is 9.47 Å². The molecule has 0 amide bonds. The zero-order valence-electron chi connectivity index (χ0n) is 19.5. The van der Waals surface area contributed by atoms with Gasteiger partial charge in [0.1, 0.15) is 0 Å². The molecule has 0 aliphatic rings. The SMILES string of the molecule is CCCCCCC(=O)Oc1ccc(CCCCCC)cc1OC(=O)CCCCCC. The van der Waals surface area contributed by atoms with E-state index in [1.54, 1.807) is 6.07 Å². The van der Waals surface area contributed by atoms with E-state index >= 15 is 0 Å². The Labute approximate surface area is 183 Å². The van der Waals surface area contributed by atoms with Crippen LogP contribution in [0.1, 0.15) is 116 Å². The van der Waals surface area contributed by atoms with Crippen molar-refractivity contribution in [1.82, 2.24) is 0 Å². The predicted molar refractivity (Wildman–Crippen MR) is 123 cm³/mol. The number of carbonyl (C=O) groups is 2. The number of esters is 2. The van der Waals surface area contributed by atoms with Gasteiger partial charge in [0.05, 0.1) is 0 Å². The summed E-state index contributed by atoms with van der Waals surface area (Å²) in [5.41, 5.74) is 1.11. The van der Waals surface area contributed by atoms with Crippen molar-refractivity contribution >= 4 is 11.9 Å². The number of unbranched alkanes of at least 4 members (excludes halogenated alkanes) is 9. The number of carbonyl (C=O) groups excluding carboxylic acids is 2. The predicted octanol–water partition coefficient (Wildman–Crippen LogP) is 7.56. The summed E-state index contributed by atoms with van der Waals surface area (Å²) in [6.07, 6.45) is 14.7. The topological polar surface area (TPSA) is 52.6 Å². The van der Waals surface area contributed by atoms with Gasteiger partial charge in [-0.05, 0) is 43.4 Å². The Morgan fingerprint density at radius 3 is 1.67 bits per heavy atom. The molecule has 0 radical (unpaired) electrons. The lowest BCUT2D eigenvalue weighted by Crippen LogP contribution is -2.12. The molecule has 0 fully saturated rings. The molecule has 0 aliphatic carbocycles. The smallest absolute Gasteiger partial charge is 0.311 e. The van der Waals surface area contributed by atoms with Gasteiger partial charge in [0.15, 0.2) is 11.5 Å². The zero-order chi connectivity index (χ0) is 22.0. The number of benzene rings is 1. The minimum absolute atomic E-state index is 0.255. The van der Waals surface area contributed by atoms with Crippen molar-refractivity contribution in [1.29, 1.82) is 0 Å². The molecule has 170 valence electrons. The van der Waals surface area contributed by atoms with E-state index in [1.165, 1.54) is 19.3 Å². The highest BCUT2D eigenvalue weighted by Gasteiger charge is 2.15. The van der Waals surface area contributed by atoms with Crippen LogP contribution in [0.25, 0.3) is 0 Å². The third-order valence-electron chi connectivity index (χ3n) is 5.24. The lowest BCUT2D eigenvalue weighted by molar-refractivity contribution is -0.137. The highest BCUT2D eigenvalue weighted by Crippen LogP contribution is 2.30. The average Bonchev–Trinajstić information content (AvgIpc) is 2.73. The molecular weight excluding hydrogens is 376 g/mol. The van der Waals surface area contributed by atoms with Crippen LogP contribution in [-0.2, 0) is 16.0 Å². The molecule has 0 heterocycles. The Morgan fingerprint density at radius 1 is 0.633 bits per heavy atom. The second-order valence-electron chi connectivity index (χ2n) is 8.16. The summed E-state index contributed by atoms with van der Waals surface area (Å²) < 4.78 is 11.2. The summed E-state index contributed by atoms with van der Waals surface area (Å²) in [6, 6.07) is 5.62. The normalized spacial score (nSPS) is 10.8. The van der Waals surface area contributed by atoms with Crippen LogP contribution in [0.3, 0.4) is 0 Å². The maximum absolute atomic E-state index is 12.3. The van der Waals surface area contributed by atoms with E-state index in [1.807, 2.05) is 12.1 Å². The average molecular weight is 419 g/mol. The van der Waals surface area contributed by atoms with Crippen molar-refractivity contribution in [3.63, 3.8) is 0 Å². The molecule has 4 heteroatoms. The monoisotopic (exact) mass is 418 g/mol. The number of hydrogen-bond donors (Lipinski definition) is 0. The van der Waals surface area contributed by atoms with E-state index in [4.69, 9.17) is 9.47 Å². The Balaban J connectivity index is 2.73. The van der Waals surface area contributed by atoms with Gasteiger partial charge >= 0.3 is 11.9 Å². The summed E-state index contributed by atoms with van der Waals surface area (Å²) in [4.78, 5) is 24.5. The molecule has 0 atom stereocenters. The molecule has 4 nitrogen and oxygen atoms in total. The Kier molecular flexibility index (Phi) is 14.8. The second kappa shape index (κ2) is 16.9. The quantitative estimate of drug-likeness (QED) is 0.149. The lowest BCUT2D eigenvalue weighted by atomic mass is 10.1. The molecule has 0 aromatic heterocycles. The minimum atomic E-state index is -0.262. The first-order valence-electron chi connectivity index (χ1n) is 12.1. The summed E-state index contributed by atoms with van der Waals surface area (Å²) in [7, 11) is 0. The van der Waals surface area contributed by atoms with Crippen LogP contribution in [0.15, 0.2) is 18.2 Å². The van der Waals surface area contributed by atoms with Gasteiger partial charge in [-0.2, -0.15) is 0 Å². The molecule has 1 rings (SSSR count). The van der Waals surface area contributed by atoms with Crippen molar-refractivity contribution < 1.29 is 19.1 Å². The van der Waals surface area contributed by atoms with Crippen molar-refractivity contribution in [2.75, 3.05) is 0 Å². The maximum atomic E-state index is 12.3. The van der Waals surface area contributed by atoms with Crippen molar-refractivity contribution in [3.05, 3.63) is 23.8 Å². The fourth-order valence-corrected chi connectivity index (χ4v) is 3.37. The highest BCUT2D eigenvalue weighted by atomic mass is 16.6. The van der Waals surface area contributed by atoms with Crippen LogP contribution in [0.2, 0.25) is 0 Å². The van der Waals surface area contributed by atoms with Crippen molar-refractivity contribution in [2.45, 2.75) is 117 Å². The van der Waals surface area contributed by atoms with Crippen LogP contribution >= 0.6 is 0 Å². The molecule has 1 aromatic rings. The molecule has 0 unspecified atom stereocenters. The number of aryl methyl sites for hydroxylation is 1. The van der Waals surface area contributed by atoms with Gasteiger partial charge in [0.2, 0.25) is 0 Å². The first-order valence-corrected chi connectivity index (χ1v) is 12.1. The molecule has 0 spiro atoms. The molecule has 0 saturated heterocycles. The second-order valence-corrected chi connectivity index (χ2v) is 8.16. The van der Waals surface area contributed by atoms with E-state index in [-0.39, 0.29) is 11.9 Å². The Morgan fingerprint density at radius 2 is 1.13 bits per heavy atom. The lowest BCUT2D eigenvalue weighted by Gasteiger charge is -2.13. The number of hydrogen-bond acceptors (Lipinski definition) is 4. The zero-order valence-corrected chi connectivity index (χ0v) is 19.5. The minimum Gasteiger partial charge on any atom is -0.423 e. The van der Waals surface area contributed by atoms with E-state index in [2.05, 4.69) is 20.8 Å². The van der Waals surface area contributed by atoms with Crippen molar-refractivity contribution in [3.8, 4) is 11.5 Å². The highest BCUT2D eigenvalue weighted by molar-refractivity contribution is 5.76. The van der Waals surface area contributed by atoms with E-state index in [0.717, 1.165) is 69.8 Å². The Hall–Kier alpha value is -1.84. The third kappa shape index (κ3) is 12.0. The van der Waals surface area contributed by atoms with E-state index < -0.39 is 0 Å². The molecule has 1 aromatic carbocycles. The molecular formula is C26H42O4. The molecule has 0 saturated carbocycles. The van der Waals surface area contributed by atoms with Crippen LogP contribution in [0.5, 0.6) is 11.5 Å². The van der Waals surface area contributed by atoms with Gasteiger partial charge in [-0.1, -0.05) is 84.6 Å². The molecule has 30 heavy (non-hydrogen) atoms. The third-order valence-corrected chi connectivity index (χ3v) is 5.24. The van der Waals surface area contributed by atoms with Gasteiger partial charge in [0.25, 0.3) is 0 Å². The fourth-order valence-electron chi connectivity index (χ4n) is 3.37. The standard InChI is InChI=1S/C26H42O4/c1-4-7-10-13-16-22-19-20-23(29-25(27)17-14-11-8-5-2)24(21-22)30-26(28)18-15-12-9-6-3/h19-21H,4-18H2,1-3H3. The number of ether oxygens (including phenoxy) is 2. The summed E-state index contributed by atoms with van der Waals surface area (Å²) in [5.74, 6) is 0.219. The number of rotatable bonds is 17. The van der Waals surface area contributed by atoms with Crippen LogP contribution in [0, 0.1) is 0 Å². The first-order chi connectivity index (χ1) is 14.6. The van der Waals surface area contributed by atoms with Crippen LogP contribution in [-0.4, -0.2) is 11.9 Å². The first kappa shape index (κ1) is 26.2. The molecule has 0 bridgehead atoms. The van der Waals surface area contributed by atoms with Crippen LogP contribution < -0.4 is 9.47 Å². The molecule has 0 N–H and O–H groups in total. The van der Waals surface area contributed by atoms with Crippen LogP contribution in [0.4, 0.5) is 0 Å². The van der Waals surface area contributed by atoms with Gasteiger partial charge in [-0.3, -0.25) is 9.59 Å². The van der Waals surface area contributed by atoms with Crippen molar-refractivity contribution in [2.24, 2.45) is 0 Å². The Bertz CT molecular complexity index is 609. The fraction of sp³-hybridized carbons (Fsp3) is 0.692. The largest absolute Gasteiger partial charge is 0.423 e. The summed E-state index contributed by atoms with van der Waals surface area (Å²) in [6.45, 7) is 6.49. The van der Waals surface area contributed by atoms with E-state index in [0.29, 0.717) is 24.3 Å². The summed E-state index contributed by atoms with van der Waals surface area (Å²) in [5, 5.41) is 0. The maximum Gasteiger partial charge on any atom is 0.311 e.